The van der Waals surface area contributed by atoms with Crippen LogP contribution in [-0.2, 0) is 31.3 Å². The number of ether oxygens (including phenoxy) is 2. The van der Waals surface area contributed by atoms with E-state index in [2.05, 4.69) is 21.6 Å². The van der Waals surface area contributed by atoms with Crippen molar-refractivity contribution in [2.24, 2.45) is 7.05 Å². The average molecular weight is 470 g/mol. The normalized spacial score (nSPS) is 12.7. The Kier molecular flexibility index (Phi) is 6.97. The Morgan fingerprint density at radius 1 is 1.28 bits per heavy atom. The number of para-hydroxylation sites is 2. The lowest BCUT2D eigenvalue weighted by Crippen LogP contribution is -2.14. The number of thioether (sulfide) groups is 1. The first kappa shape index (κ1) is 22.2. The molecular formula is C22H23N5O3S2. The summed E-state index contributed by atoms with van der Waals surface area (Å²) in [5.41, 5.74) is 1.73. The summed E-state index contributed by atoms with van der Waals surface area (Å²) < 4.78 is 12.9. The number of nitrogens with one attached hydrogen (secondary N) is 1. The number of anilines is 1. The minimum atomic E-state index is -0.167. The molecule has 0 bridgehead atoms. The number of aromatic nitrogens is 3. The maximum atomic E-state index is 12.5. The fraction of sp³-hybridized carbons (Fsp3) is 0.364. The number of thiophene rings is 1. The smallest absolute Gasteiger partial charge is 0.235 e. The number of benzene rings is 1. The molecule has 2 aromatic heterocycles. The van der Waals surface area contributed by atoms with E-state index in [1.165, 1.54) is 28.0 Å². The predicted octanol–water partition coefficient (Wildman–Crippen LogP) is 3.95. The van der Waals surface area contributed by atoms with Gasteiger partial charge in [-0.3, -0.25) is 4.79 Å². The fourth-order valence-corrected chi connectivity index (χ4v) is 5.53. The molecule has 4 rings (SSSR count). The summed E-state index contributed by atoms with van der Waals surface area (Å²) in [7, 11) is 3.43. The molecule has 166 valence electrons. The van der Waals surface area contributed by atoms with Crippen LogP contribution in [0.1, 0.15) is 34.7 Å². The summed E-state index contributed by atoms with van der Waals surface area (Å²) in [6.45, 7) is 0.225. The SMILES string of the molecule is COc1ccccc1OCc1nnc(SCC(=O)Nc2sc3c(c2C#N)CCCC3)n1C. The quantitative estimate of drug-likeness (QED) is 0.499. The highest BCUT2D eigenvalue weighted by atomic mass is 32.2. The van der Waals surface area contributed by atoms with E-state index in [0.717, 1.165) is 31.2 Å². The van der Waals surface area contributed by atoms with Crippen LogP contribution in [0.25, 0.3) is 0 Å². The van der Waals surface area contributed by atoms with Gasteiger partial charge in [0.1, 0.15) is 17.7 Å². The van der Waals surface area contributed by atoms with Crippen LogP contribution in [-0.4, -0.2) is 33.5 Å². The fourth-order valence-electron chi connectivity index (χ4n) is 3.54. The number of nitrogens with zero attached hydrogens (tertiary/aromatic N) is 4. The maximum absolute atomic E-state index is 12.5. The molecule has 1 aromatic carbocycles. The third-order valence-corrected chi connectivity index (χ3v) is 7.45. The van der Waals surface area contributed by atoms with Crippen molar-refractivity contribution in [3.8, 4) is 17.6 Å². The Hall–Kier alpha value is -3.03. The number of hydrogen-bond acceptors (Lipinski definition) is 8. The zero-order valence-electron chi connectivity index (χ0n) is 17.9. The molecule has 0 saturated heterocycles. The van der Waals surface area contributed by atoms with Crippen molar-refractivity contribution in [1.29, 1.82) is 5.26 Å². The van der Waals surface area contributed by atoms with E-state index in [1.54, 1.807) is 11.7 Å². The molecule has 1 N–H and O–H groups in total. The summed E-state index contributed by atoms with van der Waals surface area (Å²) in [5.74, 6) is 1.91. The van der Waals surface area contributed by atoms with Gasteiger partial charge in [-0.15, -0.1) is 21.5 Å². The van der Waals surface area contributed by atoms with Gasteiger partial charge in [-0.05, 0) is 43.4 Å². The van der Waals surface area contributed by atoms with Crippen molar-refractivity contribution in [1.82, 2.24) is 14.8 Å². The van der Waals surface area contributed by atoms with Gasteiger partial charge in [0.15, 0.2) is 22.5 Å². The lowest BCUT2D eigenvalue weighted by molar-refractivity contribution is -0.113. The second-order valence-electron chi connectivity index (χ2n) is 7.26. The van der Waals surface area contributed by atoms with Crippen molar-refractivity contribution in [2.45, 2.75) is 37.4 Å². The molecule has 0 saturated carbocycles. The molecule has 32 heavy (non-hydrogen) atoms. The first-order chi connectivity index (χ1) is 15.6. The zero-order chi connectivity index (χ0) is 22.5. The van der Waals surface area contributed by atoms with E-state index in [-0.39, 0.29) is 18.3 Å². The van der Waals surface area contributed by atoms with Gasteiger partial charge >= 0.3 is 0 Å². The predicted molar refractivity (Wildman–Crippen MR) is 123 cm³/mol. The molecule has 0 radical (unpaired) electrons. The average Bonchev–Trinajstić information content (AvgIpc) is 3.35. The van der Waals surface area contributed by atoms with Crippen LogP contribution in [0.3, 0.4) is 0 Å². The molecule has 10 heteroatoms. The molecule has 0 aliphatic heterocycles. The molecule has 0 fully saturated rings. The molecule has 8 nitrogen and oxygen atoms in total. The Balaban J connectivity index is 1.35. The molecule has 0 spiro atoms. The van der Waals surface area contributed by atoms with Crippen LogP contribution < -0.4 is 14.8 Å². The number of carbonyl (C=O) groups is 1. The van der Waals surface area contributed by atoms with Crippen molar-refractivity contribution in [2.75, 3.05) is 18.2 Å². The minimum Gasteiger partial charge on any atom is -0.493 e. The van der Waals surface area contributed by atoms with Crippen molar-refractivity contribution >= 4 is 34.0 Å². The van der Waals surface area contributed by atoms with Crippen molar-refractivity contribution in [3.63, 3.8) is 0 Å². The molecule has 1 amide bonds. The number of fused-ring (bicyclic) bond motifs is 1. The van der Waals surface area contributed by atoms with Crippen molar-refractivity contribution < 1.29 is 14.3 Å². The standard InChI is InChI=1S/C22H23N5O3S2/c1-27-19(12-30-17-9-5-4-8-16(17)29-2)25-26-22(27)31-13-20(28)24-21-15(11-23)14-7-3-6-10-18(14)32-21/h4-5,8-9H,3,6-7,10,12-13H2,1-2H3,(H,24,28). The van der Waals surface area contributed by atoms with Crippen LogP contribution >= 0.6 is 23.1 Å². The number of methoxy groups -OCH3 is 1. The van der Waals surface area contributed by atoms with Gasteiger partial charge in [0.05, 0.1) is 18.4 Å². The third kappa shape index (κ3) is 4.74. The van der Waals surface area contributed by atoms with Gasteiger partial charge in [-0.2, -0.15) is 5.26 Å². The highest BCUT2D eigenvalue weighted by Crippen LogP contribution is 2.37. The van der Waals surface area contributed by atoms with E-state index < -0.39 is 0 Å². The van der Waals surface area contributed by atoms with E-state index in [0.29, 0.717) is 33.0 Å². The molecule has 1 aliphatic rings. The largest absolute Gasteiger partial charge is 0.493 e. The lowest BCUT2D eigenvalue weighted by atomic mass is 9.96. The molecule has 3 aromatic rings. The van der Waals surface area contributed by atoms with Gasteiger partial charge in [0.25, 0.3) is 0 Å². The maximum Gasteiger partial charge on any atom is 0.235 e. The van der Waals surface area contributed by atoms with Crippen LogP contribution in [0.5, 0.6) is 11.5 Å². The minimum absolute atomic E-state index is 0.167. The molecule has 1 aliphatic carbocycles. The van der Waals surface area contributed by atoms with Gasteiger partial charge < -0.3 is 19.4 Å². The van der Waals surface area contributed by atoms with Gasteiger partial charge in [-0.25, -0.2) is 0 Å². The van der Waals surface area contributed by atoms with Crippen LogP contribution in [0, 0.1) is 11.3 Å². The van der Waals surface area contributed by atoms with E-state index in [1.807, 2.05) is 31.3 Å². The van der Waals surface area contributed by atoms with Gasteiger partial charge in [0, 0.05) is 11.9 Å². The molecular weight excluding hydrogens is 446 g/mol. The Morgan fingerprint density at radius 2 is 2.06 bits per heavy atom. The summed E-state index contributed by atoms with van der Waals surface area (Å²) in [6.07, 6.45) is 4.13. The molecule has 0 atom stereocenters. The number of rotatable bonds is 8. The topological polar surface area (TPSA) is 102 Å². The third-order valence-electron chi connectivity index (χ3n) is 5.22. The lowest BCUT2D eigenvalue weighted by Gasteiger charge is -2.10. The highest BCUT2D eigenvalue weighted by Gasteiger charge is 2.22. The Labute approximate surface area is 194 Å². The Morgan fingerprint density at radius 3 is 2.84 bits per heavy atom. The Bertz CT molecular complexity index is 1170. The second-order valence-corrected chi connectivity index (χ2v) is 9.31. The van der Waals surface area contributed by atoms with Gasteiger partial charge in [-0.1, -0.05) is 23.9 Å². The molecule has 2 heterocycles. The van der Waals surface area contributed by atoms with E-state index in [9.17, 15) is 10.1 Å². The summed E-state index contributed by atoms with van der Waals surface area (Å²) in [6, 6.07) is 9.67. The first-order valence-electron chi connectivity index (χ1n) is 10.2. The van der Waals surface area contributed by atoms with Crippen LogP contribution in [0.4, 0.5) is 5.00 Å². The zero-order valence-corrected chi connectivity index (χ0v) is 19.5. The number of amides is 1. The van der Waals surface area contributed by atoms with Crippen LogP contribution in [0.15, 0.2) is 29.4 Å². The van der Waals surface area contributed by atoms with Crippen LogP contribution in [0.2, 0.25) is 0 Å². The van der Waals surface area contributed by atoms with Crippen molar-refractivity contribution in [3.05, 3.63) is 46.1 Å². The van der Waals surface area contributed by atoms with Gasteiger partial charge in [0.2, 0.25) is 5.91 Å². The summed E-state index contributed by atoms with van der Waals surface area (Å²) >= 11 is 2.82. The highest BCUT2D eigenvalue weighted by molar-refractivity contribution is 7.99. The second kappa shape index (κ2) is 10.1. The number of nitriles is 1. The number of hydrogen-bond donors (Lipinski definition) is 1. The first-order valence-corrected chi connectivity index (χ1v) is 12.0. The number of aryl methyl sites for hydroxylation is 1. The summed E-state index contributed by atoms with van der Waals surface area (Å²) in [4.78, 5) is 13.8. The molecule has 0 unspecified atom stereocenters. The number of carbonyl (C=O) groups excluding carboxylic acids is 1. The van der Waals surface area contributed by atoms with E-state index >= 15 is 0 Å². The van der Waals surface area contributed by atoms with E-state index in [4.69, 9.17) is 9.47 Å². The summed E-state index contributed by atoms with van der Waals surface area (Å²) in [5, 5.41) is 22.1. The monoisotopic (exact) mass is 469 g/mol.